The van der Waals surface area contributed by atoms with Gasteiger partial charge in [0.05, 0.1) is 6.10 Å². The maximum Gasteiger partial charge on any atom is 0.127 e. The van der Waals surface area contributed by atoms with Crippen molar-refractivity contribution in [2.75, 3.05) is 0 Å². The highest BCUT2D eigenvalue weighted by Crippen LogP contribution is 2.52. The predicted molar refractivity (Wildman–Crippen MR) is 150 cm³/mol. The molecule has 2 aromatic rings. The molecule has 0 aliphatic heterocycles. The molecule has 0 bridgehead atoms. The molecule has 0 aromatic heterocycles. The Hall–Kier alpha value is -2.48. The fraction of sp³-hybridized carbons (Fsp3) is 0.529. The van der Waals surface area contributed by atoms with Gasteiger partial charge in [-0.05, 0) is 130 Å². The number of hydrogen-bond acceptors (Lipinski definition) is 2. The SMILES string of the molecule is CCC1CCC(c2cccc(OC3=CCC(C)C=C3)c2)(C2CCC(Oc3ccc(C)cc3)CC2)CC1. The molecule has 0 amide bonds. The number of aryl methyl sites for hydroxylation is 1. The van der Waals surface area contributed by atoms with Gasteiger partial charge in [0, 0.05) is 0 Å². The lowest BCUT2D eigenvalue weighted by atomic mass is 9.57. The van der Waals surface area contributed by atoms with Crippen LogP contribution in [-0.2, 0) is 5.41 Å². The average Bonchev–Trinajstić information content (AvgIpc) is 2.92. The summed E-state index contributed by atoms with van der Waals surface area (Å²) >= 11 is 0. The molecule has 0 spiro atoms. The zero-order valence-corrected chi connectivity index (χ0v) is 22.5. The summed E-state index contributed by atoms with van der Waals surface area (Å²) in [5.74, 6) is 5.21. The van der Waals surface area contributed by atoms with Gasteiger partial charge in [0.25, 0.3) is 0 Å². The largest absolute Gasteiger partial charge is 0.490 e. The molecule has 1 unspecified atom stereocenters. The quantitative estimate of drug-likeness (QED) is 0.390. The molecule has 0 heterocycles. The van der Waals surface area contributed by atoms with E-state index in [1.54, 1.807) is 0 Å². The third-order valence-corrected chi connectivity index (χ3v) is 9.28. The summed E-state index contributed by atoms with van der Waals surface area (Å²) in [5.41, 5.74) is 3.06. The summed E-state index contributed by atoms with van der Waals surface area (Å²) in [6, 6.07) is 17.7. The molecule has 0 radical (unpaired) electrons. The first-order valence-electron chi connectivity index (χ1n) is 14.4. The fourth-order valence-electron chi connectivity index (χ4n) is 6.86. The highest BCUT2D eigenvalue weighted by atomic mass is 16.5. The molecule has 0 N–H and O–H groups in total. The first-order valence-corrected chi connectivity index (χ1v) is 14.4. The molecule has 5 rings (SSSR count). The average molecular weight is 485 g/mol. The van der Waals surface area contributed by atoms with Crippen LogP contribution in [0, 0.1) is 24.7 Å². The van der Waals surface area contributed by atoms with Gasteiger partial charge in [0.1, 0.15) is 17.3 Å². The number of ether oxygens (including phenoxy) is 2. The zero-order chi connectivity index (χ0) is 25.0. The van der Waals surface area contributed by atoms with E-state index in [0.717, 1.165) is 48.4 Å². The van der Waals surface area contributed by atoms with E-state index in [1.165, 1.54) is 56.1 Å². The van der Waals surface area contributed by atoms with Gasteiger partial charge in [-0.3, -0.25) is 0 Å². The third kappa shape index (κ3) is 5.74. The monoisotopic (exact) mass is 484 g/mol. The van der Waals surface area contributed by atoms with Crippen molar-refractivity contribution in [3.8, 4) is 11.5 Å². The van der Waals surface area contributed by atoms with Gasteiger partial charge in [0.15, 0.2) is 0 Å². The molecule has 36 heavy (non-hydrogen) atoms. The first-order chi connectivity index (χ1) is 17.5. The molecule has 0 saturated heterocycles. The Morgan fingerprint density at radius 1 is 0.889 bits per heavy atom. The van der Waals surface area contributed by atoms with E-state index in [9.17, 15) is 0 Å². The summed E-state index contributed by atoms with van der Waals surface area (Å²) in [7, 11) is 0. The standard InChI is InChI=1S/C34H44O2/c1-4-27-20-22-34(23-21-27,28-12-18-32(19-13-28)35-30-14-8-25(2)9-15-30)29-6-5-7-33(24-29)36-31-16-10-26(3)11-17-31/h5-10,14-17,24,26-28,32H,4,11-13,18-23H2,1-3H3. The van der Waals surface area contributed by atoms with Gasteiger partial charge in [-0.1, -0.05) is 56.2 Å². The second-order valence-electron chi connectivity index (χ2n) is 11.7. The number of allylic oxidation sites excluding steroid dienone is 3. The predicted octanol–water partition coefficient (Wildman–Crippen LogP) is 9.33. The van der Waals surface area contributed by atoms with E-state index in [-0.39, 0.29) is 5.41 Å². The summed E-state index contributed by atoms with van der Waals surface area (Å²) in [6.45, 7) is 6.75. The number of hydrogen-bond donors (Lipinski definition) is 0. The summed E-state index contributed by atoms with van der Waals surface area (Å²) < 4.78 is 12.8. The van der Waals surface area contributed by atoms with Crippen molar-refractivity contribution in [1.82, 2.24) is 0 Å². The van der Waals surface area contributed by atoms with Crippen molar-refractivity contribution in [3.63, 3.8) is 0 Å². The summed E-state index contributed by atoms with van der Waals surface area (Å²) in [5, 5.41) is 0. The fourth-order valence-corrected chi connectivity index (χ4v) is 6.86. The normalized spacial score (nSPS) is 30.5. The van der Waals surface area contributed by atoms with E-state index in [4.69, 9.17) is 9.47 Å². The lowest BCUT2D eigenvalue weighted by molar-refractivity contribution is 0.0707. The highest BCUT2D eigenvalue weighted by molar-refractivity contribution is 5.37. The molecule has 2 fully saturated rings. The molecule has 3 aliphatic rings. The smallest absolute Gasteiger partial charge is 0.127 e. The van der Waals surface area contributed by atoms with E-state index in [1.807, 2.05) is 0 Å². The molecule has 2 nitrogen and oxygen atoms in total. The molecule has 2 saturated carbocycles. The minimum atomic E-state index is 0.269. The lowest BCUT2D eigenvalue weighted by Gasteiger charge is -2.48. The molecule has 192 valence electrons. The van der Waals surface area contributed by atoms with Crippen molar-refractivity contribution in [2.45, 2.75) is 96.5 Å². The molecule has 3 aliphatic carbocycles. The molecular formula is C34H44O2. The van der Waals surface area contributed by atoms with Crippen LogP contribution >= 0.6 is 0 Å². The van der Waals surface area contributed by atoms with Crippen LogP contribution in [0.2, 0.25) is 0 Å². The Morgan fingerprint density at radius 2 is 1.64 bits per heavy atom. The molecule has 2 heteroatoms. The van der Waals surface area contributed by atoms with E-state index >= 15 is 0 Å². The molecule has 1 atom stereocenters. The number of rotatable bonds is 7. The zero-order valence-electron chi connectivity index (χ0n) is 22.5. The Morgan fingerprint density at radius 3 is 2.31 bits per heavy atom. The Balaban J connectivity index is 1.32. The first kappa shape index (κ1) is 25.2. The van der Waals surface area contributed by atoms with Gasteiger partial charge in [-0.15, -0.1) is 0 Å². The van der Waals surface area contributed by atoms with Crippen LogP contribution < -0.4 is 9.47 Å². The van der Waals surface area contributed by atoms with Gasteiger partial charge in [0.2, 0.25) is 0 Å². The summed E-state index contributed by atoms with van der Waals surface area (Å²) in [6.07, 6.45) is 19.5. The highest BCUT2D eigenvalue weighted by Gasteiger charge is 2.44. The van der Waals surface area contributed by atoms with Crippen molar-refractivity contribution < 1.29 is 9.47 Å². The van der Waals surface area contributed by atoms with Crippen molar-refractivity contribution in [2.24, 2.45) is 17.8 Å². The minimum Gasteiger partial charge on any atom is -0.490 e. The summed E-state index contributed by atoms with van der Waals surface area (Å²) in [4.78, 5) is 0. The van der Waals surface area contributed by atoms with Crippen molar-refractivity contribution >= 4 is 0 Å². The molecular weight excluding hydrogens is 440 g/mol. The van der Waals surface area contributed by atoms with E-state index < -0.39 is 0 Å². The second-order valence-corrected chi connectivity index (χ2v) is 11.7. The lowest BCUT2D eigenvalue weighted by Crippen LogP contribution is -2.42. The van der Waals surface area contributed by atoms with Crippen molar-refractivity contribution in [3.05, 3.63) is 83.6 Å². The topological polar surface area (TPSA) is 18.5 Å². The van der Waals surface area contributed by atoms with Gasteiger partial charge in [-0.25, -0.2) is 0 Å². The van der Waals surface area contributed by atoms with Crippen LogP contribution in [0.3, 0.4) is 0 Å². The van der Waals surface area contributed by atoms with Crippen LogP contribution in [0.5, 0.6) is 11.5 Å². The van der Waals surface area contributed by atoms with Gasteiger partial charge >= 0.3 is 0 Å². The van der Waals surface area contributed by atoms with Crippen LogP contribution in [0.1, 0.15) is 89.2 Å². The second kappa shape index (κ2) is 11.3. The maximum absolute atomic E-state index is 6.40. The maximum atomic E-state index is 6.40. The number of benzene rings is 2. The van der Waals surface area contributed by atoms with E-state index in [2.05, 4.69) is 87.5 Å². The van der Waals surface area contributed by atoms with E-state index in [0.29, 0.717) is 12.0 Å². The van der Waals surface area contributed by atoms with Gasteiger partial charge < -0.3 is 9.47 Å². The Bertz CT molecular complexity index is 1050. The molecule has 2 aromatic carbocycles. The minimum absolute atomic E-state index is 0.269. The third-order valence-electron chi connectivity index (χ3n) is 9.28. The van der Waals surface area contributed by atoms with Gasteiger partial charge in [-0.2, -0.15) is 0 Å². The van der Waals surface area contributed by atoms with Crippen LogP contribution in [0.4, 0.5) is 0 Å². The Kier molecular flexibility index (Phi) is 7.89. The van der Waals surface area contributed by atoms with Crippen LogP contribution in [-0.4, -0.2) is 6.10 Å². The van der Waals surface area contributed by atoms with Crippen molar-refractivity contribution in [1.29, 1.82) is 0 Å². The Labute approximate surface area is 218 Å². The van der Waals surface area contributed by atoms with Crippen LogP contribution in [0.25, 0.3) is 0 Å². The van der Waals surface area contributed by atoms with Crippen LogP contribution in [0.15, 0.2) is 72.5 Å².